The fourth-order valence-corrected chi connectivity index (χ4v) is 2.01. The van der Waals surface area contributed by atoms with E-state index in [9.17, 15) is 9.90 Å². The summed E-state index contributed by atoms with van der Waals surface area (Å²) in [6.07, 6.45) is 2.46. The minimum atomic E-state index is -0.530. The Morgan fingerprint density at radius 2 is 2.07 bits per heavy atom. The zero-order chi connectivity index (χ0) is 10.7. The van der Waals surface area contributed by atoms with Gasteiger partial charge in [0.15, 0.2) is 0 Å². The van der Waals surface area contributed by atoms with Crippen LogP contribution in [0.2, 0.25) is 0 Å². The molecule has 3 heteroatoms. The van der Waals surface area contributed by atoms with Crippen LogP contribution in [-0.4, -0.2) is 23.3 Å². The number of carbonyl (C=O) groups excluding carboxylic acids is 1. The Morgan fingerprint density at radius 1 is 1.43 bits per heavy atom. The van der Waals surface area contributed by atoms with Gasteiger partial charge in [-0.15, -0.1) is 0 Å². The lowest BCUT2D eigenvalue weighted by molar-refractivity contribution is -0.177. The first kappa shape index (κ1) is 11.5. The zero-order valence-electron chi connectivity index (χ0n) is 9.19. The Kier molecular flexibility index (Phi) is 3.93. The van der Waals surface area contributed by atoms with Gasteiger partial charge in [0.2, 0.25) is 0 Å². The number of hydrogen-bond donors (Lipinski definition) is 1. The van der Waals surface area contributed by atoms with Crippen LogP contribution in [0.1, 0.15) is 40.0 Å². The summed E-state index contributed by atoms with van der Waals surface area (Å²) in [7, 11) is 0. The van der Waals surface area contributed by atoms with Gasteiger partial charge in [0.05, 0.1) is 12.0 Å². The van der Waals surface area contributed by atoms with Gasteiger partial charge in [-0.05, 0) is 20.3 Å². The summed E-state index contributed by atoms with van der Waals surface area (Å²) < 4.78 is 5.18. The number of rotatable bonds is 3. The number of esters is 1. The first-order valence-electron chi connectivity index (χ1n) is 5.46. The van der Waals surface area contributed by atoms with Crippen LogP contribution in [0.25, 0.3) is 0 Å². The molecule has 1 fully saturated rings. The summed E-state index contributed by atoms with van der Waals surface area (Å²) in [5.41, 5.74) is 0. The molecule has 0 radical (unpaired) electrons. The summed E-state index contributed by atoms with van der Waals surface area (Å²) in [5.74, 6) is -0.520. The van der Waals surface area contributed by atoms with Gasteiger partial charge in [0.25, 0.3) is 0 Å². The van der Waals surface area contributed by atoms with E-state index in [4.69, 9.17) is 4.74 Å². The Morgan fingerprint density at radius 3 is 2.64 bits per heavy atom. The van der Waals surface area contributed by atoms with Crippen LogP contribution in [-0.2, 0) is 9.53 Å². The van der Waals surface area contributed by atoms with Crippen molar-refractivity contribution in [1.82, 2.24) is 0 Å². The fraction of sp³-hybridized carbons (Fsp3) is 0.909. The van der Waals surface area contributed by atoms with Gasteiger partial charge in [0, 0.05) is 5.92 Å². The summed E-state index contributed by atoms with van der Waals surface area (Å²) in [6.45, 7) is 5.72. The van der Waals surface area contributed by atoms with Crippen molar-refractivity contribution in [3.8, 4) is 0 Å². The average Bonchev–Trinajstić information content (AvgIpc) is 2.14. The predicted octanol–water partition coefficient (Wildman–Crippen LogP) is 1.74. The van der Waals surface area contributed by atoms with Crippen LogP contribution in [0, 0.1) is 11.8 Å². The van der Waals surface area contributed by atoms with Crippen LogP contribution in [0.3, 0.4) is 0 Å². The lowest BCUT2D eigenvalue weighted by Crippen LogP contribution is -2.46. The predicted molar refractivity (Wildman–Crippen MR) is 53.7 cm³/mol. The molecule has 82 valence electrons. The Hall–Kier alpha value is -0.570. The molecule has 4 atom stereocenters. The van der Waals surface area contributed by atoms with E-state index >= 15 is 0 Å². The molecular formula is C11H20O3. The molecule has 0 spiro atoms. The van der Waals surface area contributed by atoms with Crippen molar-refractivity contribution in [2.45, 2.75) is 52.2 Å². The monoisotopic (exact) mass is 200 g/mol. The van der Waals surface area contributed by atoms with Crippen LogP contribution in [0.5, 0.6) is 0 Å². The highest BCUT2D eigenvalue weighted by Crippen LogP contribution is 2.30. The standard InChI is InChI=1S/C11H20O3/c1-4-5-6-9-8(3)14-11(13)7(2)10(9)12/h7-10,12H,4-6H2,1-3H3/t7-,8+,9-,10-/m0/s1. The topological polar surface area (TPSA) is 46.5 Å². The summed E-state index contributed by atoms with van der Waals surface area (Å²) in [5, 5.41) is 9.90. The van der Waals surface area contributed by atoms with E-state index in [-0.39, 0.29) is 23.9 Å². The molecule has 0 aliphatic carbocycles. The third kappa shape index (κ3) is 2.27. The van der Waals surface area contributed by atoms with Gasteiger partial charge in [-0.3, -0.25) is 4.79 Å². The van der Waals surface area contributed by atoms with Gasteiger partial charge >= 0.3 is 5.97 Å². The van der Waals surface area contributed by atoms with Crippen LogP contribution in [0.15, 0.2) is 0 Å². The van der Waals surface area contributed by atoms with Crippen molar-refractivity contribution in [2.24, 2.45) is 11.8 Å². The van der Waals surface area contributed by atoms with Crippen molar-refractivity contribution >= 4 is 5.97 Å². The molecule has 1 aliphatic heterocycles. The smallest absolute Gasteiger partial charge is 0.311 e. The Labute approximate surface area is 85.5 Å². The molecule has 1 saturated heterocycles. The third-order valence-corrected chi connectivity index (χ3v) is 3.12. The van der Waals surface area contributed by atoms with Gasteiger partial charge in [-0.25, -0.2) is 0 Å². The van der Waals surface area contributed by atoms with Crippen molar-refractivity contribution in [3.63, 3.8) is 0 Å². The van der Waals surface area contributed by atoms with E-state index in [2.05, 4.69) is 6.92 Å². The number of carbonyl (C=O) groups is 1. The van der Waals surface area contributed by atoms with E-state index in [0.717, 1.165) is 19.3 Å². The van der Waals surface area contributed by atoms with Crippen molar-refractivity contribution in [3.05, 3.63) is 0 Å². The Balaban J connectivity index is 2.59. The van der Waals surface area contributed by atoms with E-state index in [0.29, 0.717) is 0 Å². The molecule has 1 aliphatic rings. The van der Waals surface area contributed by atoms with Crippen LogP contribution in [0.4, 0.5) is 0 Å². The molecular weight excluding hydrogens is 180 g/mol. The molecule has 3 nitrogen and oxygen atoms in total. The quantitative estimate of drug-likeness (QED) is 0.706. The minimum absolute atomic E-state index is 0.114. The highest BCUT2D eigenvalue weighted by Gasteiger charge is 2.40. The number of ether oxygens (including phenoxy) is 1. The van der Waals surface area contributed by atoms with Crippen molar-refractivity contribution < 1.29 is 14.6 Å². The average molecular weight is 200 g/mol. The van der Waals surface area contributed by atoms with Gasteiger partial charge in [0.1, 0.15) is 6.10 Å². The normalized spacial score (nSPS) is 38.1. The number of unbranched alkanes of at least 4 members (excludes halogenated alkanes) is 1. The van der Waals surface area contributed by atoms with Crippen LogP contribution < -0.4 is 0 Å². The van der Waals surface area contributed by atoms with Crippen molar-refractivity contribution in [1.29, 1.82) is 0 Å². The zero-order valence-corrected chi connectivity index (χ0v) is 9.19. The maximum atomic E-state index is 11.3. The van der Waals surface area contributed by atoms with Gasteiger partial charge in [-0.2, -0.15) is 0 Å². The molecule has 0 bridgehead atoms. The highest BCUT2D eigenvalue weighted by atomic mass is 16.5. The highest BCUT2D eigenvalue weighted by molar-refractivity contribution is 5.73. The summed E-state index contributed by atoms with van der Waals surface area (Å²) >= 11 is 0. The van der Waals surface area contributed by atoms with Gasteiger partial charge in [-0.1, -0.05) is 19.8 Å². The first-order valence-corrected chi connectivity index (χ1v) is 5.46. The molecule has 1 N–H and O–H groups in total. The summed E-state index contributed by atoms with van der Waals surface area (Å²) in [4.78, 5) is 11.3. The van der Waals surface area contributed by atoms with E-state index in [1.807, 2.05) is 6.92 Å². The van der Waals surface area contributed by atoms with Gasteiger partial charge < -0.3 is 9.84 Å². The fourth-order valence-electron chi connectivity index (χ4n) is 2.01. The lowest BCUT2D eigenvalue weighted by atomic mass is 9.82. The summed E-state index contributed by atoms with van der Waals surface area (Å²) in [6, 6.07) is 0. The maximum absolute atomic E-state index is 11.3. The minimum Gasteiger partial charge on any atom is -0.462 e. The molecule has 0 saturated carbocycles. The maximum Gasteiger partial charge on any atom is 0.311 e. The molecule has 1 rings (SSSR count). The van der Waals surface area contributed by atoms with E-state index < -0.39 is 6.10 Å². The molecule has 1 heterocycles. The molecule has 0 amide bonds. The number of aliphatic hydroxyl groups is 1. The molecule has 0 unspecified atom stereocenters. The molecule has 14 heavy (non-hydrogen) atoms. The van der Waals surface area contributed by atoms with Crippen LogP contribution >= 0.6 is 0 Å². The number of aliphatic hydroxyl groups excluding tert-OH is 1. The second-order valence-electron chi connectivity index (χ2n) is 4.23. The second kappa shape index (κ2) is 4.78. The van der Waals surface area contributed by atoms with E-state index in [1.54, 1.807) is 6.92 Å². The number of cyclic esters (lactones) is 1. The number of hydrogen-bond acceptors (Lipinski definition) is 3. The second-order valence-corrected chi connectivity index (χ2v) is 4.23. The largest absolute Gasteiger partial charge is 0.462 e. The Bertz CT molecular complexity index is 203. The third-order valence-electron chi connectivity index (χ3n) is 3.12. The van der Waals surface area contributed by atoms with Crippen molar-refractivity contribution in [2.75, 3.05) is 0 Å². The SMILES string of the molecule is CCCC[C@@H]1[C@@H](O)[C@H](C)C(=O)O[C@@H]1C. The first-order chi connectivity index (χ1) is 6.57. The van der Waals surface area contributed by atoms with E-state index in [1.165, 1.54) is 0 Å². The molecule has 0 aromatic carbocycles. The molecule has 0 aromatic rings. The lowest BCUT2D eigenvalue weighted by Gasteiger charge is -2.36. The molecule has 0 aromatic heterocycles.